The first-order valence-electron chi connectivity index (χ1n) is 8.79. The van der Waals surface area contributed by atoms with Gasteiger partial charge in [0.2, 0.25) is 0 Å². The number of pyridine rings is 1. The second kappa shape index (κ2) is 6.68. The molecule has 0 unspecified atom stereocenters. The molecule has 4 rings (SSSR count). The molecule has 3 aromatic rings. The Morgan fingerprint density at radius 3 is 2.96 bits per heavy atom. The van der Waals surface area contributed by atoms with Crippen LogP contribution in [0.2, 0.25) is 0 Å². The molecule has 1 N–H and O–H groups in total. The Morgan fingerprint density at radius 2 is 2.15 bits per heavy atom. The Kier molecular flexibility index (Phi) is 4.36. The van der Waals surface area contributed by atoms with Gasteiger partial charge in [-0.15, -0.1) is 11.3 Å². The van der Waals surface area contributed by atoms with Crippen LogP contribution in [0.5, 0.6) is 5.75 Å². The number of anilines is 1. The maximum Gasteiger partial charge on any atom is 0.259 e. The molecule has 6 heteroatoms. The number of rotatable bonds is 3. The van der Waals surface area contributed by atoms with Crippen LogP contribution in [0.3, 0.4) is 0 Å². The zero-order valence-corrected chi connectivity index (χ0v) is 15.9. The molecule has 0 spiro atoms. The van der Waals surface area contributed by atoms with Crippen LogP contribution in [0.4, 0.5) is 5.13 Å². The summed E-state index contributed by atoms with van der Waals surface area (Å²) in [5, 5.41) is 4.56. The molecule has 1 aliphatic rings. The predicted octanol–water partition coefficient (Wildman–Crippen LogP) is 4.39. The average Bonchev–Trinajstić information content (AvgIpc) is 3.01. The molecule has 0 bridgehead atoms. The molecule has 0 fully saturated rings. The summed E-state index contributed by atoms with van der Waals surface area (Å²) < 4.78 is 5.24. The number of hydrogen-bond donors (Lipinski definition) is 1. The Bertz CT molecular complexity index is 996. The van der Waals surface area contributed by atoms with Crippen LogP contribution < -0.4 is 10.1 Å². The molecule has 1 atom stereocenters. The Labute approximate surface area is 156 Å². The molecular weight excluding hydrogens is 346 g/mol. The number of carbonyl (C=O) groups is 1. The summed E-state index contributed by atoms with van der Waals surface area (Å²) in [6.45, 7) is 4.11. The standard InChI is InChI=1S/C20H21N3O2S/c1-11-4-7-16-18(8-11)26-20(22-16)23-19(24)15-9-13-5-6-14(25-3)10-17(13)21-12(15)2/h5-6,9-11H,4,7-8H2,1-3H3,(H,22,23,24)/t11-/m0/s1. The summed E-state index contributed by atoms with van der Waals surface area (Å²) in [7, 11) is 1.63. The van der Waals surface area contributed by atoms with Crippen molar-refractivity contribution in [1.29, 1.82) is 0 Å². The molecule has 134 valence electrons. The van der Waals surface area contributed by atoms with Crippen LogP contribution in [-0.2, 0) is 12.8 Å². The minimum Gasteiger partial charge on any atom is -0.497 e. The summed E-state index contributed by atoms with van der Waals surface area (Å²) >= 11 is 1.60. The van der Waals surface area contributed by atoms with Crippen molar-refractivity contribution < 1.29 is 9.53 Å². The number of aromatic nitrogens is 2. The van der Waals surface area contributed by atoms with E-state index in [9.17, 15) is 4.79 Å². The van der Waals surface area contributed by atoms with E-state index >= 15 is 0 Å². The smallest absolute Gasteiger partial charge is 0.259 e. The molecule has 0 saturated carbocycles. The molecule has 0 aliphatic heterocycles. The van der Waals surface area contributed by atoms with Gasteiger partial charge >= 0.3 is 0 Å². The van der Waals surface area contributed by atoms with E-state index in [1.807, 2.05) is 31.2 Å². The lowest BCUT2D eigenvalue weighted by Gasteiger charge is -2.15. The van der Waals surface area contributed by atoms with Gasteiger partial charge in [-0.05, 0) is 50.3 Å². The number of amides is 1. The molecule has 0 saturated heterocycles. The van der Waals surface area contributed by atoms with Gasteiger partial charge in [0, 0.05) is 16.3 Å². The number of benzene rings is 1. The number of aryl methyl sites for hydroxylation is 2. The van der Waals surface area contributed by atoms with Gasteiger partial charge in [0.15, 0.2) is 5.13 Å². The summed E-state index contributed by atoms with van der Waals surface area (Å²) in [4.78, 5) is 23.3. The first-order chi connectivity index (χ1) is 12.5. The highest BCUT2D eigenvalue weighted by Gasteiger charge is 2.21. The van der Waals surface area contributed by atoms with Crippen LogP contribution in [0.25, 0.3) is 10.9 Å². The van der Waals surface area contributed by atoms with E-state index in [4.69, 9.17) is 4.74 Å². The highest BCUT2D eigenvalue weighted by atomic mass is 32.1. The topological polar surface area (TPSA) is 64.1 Å². The third-order valence-electron chi connectivity index (χ3n) is 4.87. The van der Waals surface area contributed by atoms with Crippen molar-refractivity contribution in [2.75, 3.05) is 12.4 Å². The van der Waals surface area contributed by atoms with Gasteiger partial charge in [0.25, 0.3) is 5.91 Å². The van der Waals surface area contributed by atoms with Crippen LogP contribution >= 0.6 is 11.3 Å². The zero-order chi connectivity index (χ0) is 18.3. The number of methoxy groups -OCH3 is 1. The molecule has 2 aromatic heterocycles. The van der Waals surface area contributed by atoms with Gasteiger partial charge < -0.3 is 4.74 Å². The van der Waals surface area contributed by atoms with E-state index in [0.717, 1.165) is 35.2 Å². The SMILES string of the molecule is COc1ccc2cc(C(=O)Nc3nc4c(s3)C[C@@H](C)CC4)c(C)nc2c1. The molecule has 1 aromatic carbocycles. The molecule has 26 heavy (non-hydrogen) atoms. The number of thiazole rings is 1. The lowest BCUT2D eigenvalue weighted by Crippen LogP contribution is -2.14. The molecule has 1 aliphatic carbocycles. The third-order valence-corrected chi connectivity index (χ3v) is 5.90. The lowest BCUT2D eigenvalue weighted by molar-refractivity contribution is 0.102. The largest absolute Gasteiger partial charge is 0.497 e. The normalized spacial score (nSPS) is 16.3. The third kappa shape index (κ3) is 3.17. The summed E-state index contributed by atoms with van der Waals surface area (Å²) in [5.41, 5.74) is 3.23. The average molecular weight is 367 g/mol. The number of nitrogens with zero attached hydrogens (tertiary/aromatic N) is 2. The summed E-state index contributed by atoms with van der Waals surface area (Å²) in [5.74, 6) is 1.28. The highest BCUT2D eigenvalue weighted by Crippen LogP contribution is 2.32. The van der Waals surface area contributed by atoms with Crippen molar-refractivity contribution in [3.63, 3.8) is 0 Å². The van der Waals surface area contributed by atoms with Gasteiger partial charge in [-0.2, -0.15) is 0 Å². The molecule has 0 radical (unpaired) electrons. The van der Waals surface area contributed by atoms with Gasteiger partial charge in [-0.25, -0.2) is 4.98 Å². The number of carbonyl (C=O) groups excluding carboxylic acids is 1. The fraction of sp³-hybridized carbons (Fsp3) is 0.350. The van der Waals surface area contributed by atoms with E-state index in [1.165, 1.54) is 11.3 Å². The van der Waals surface area contributed by atoms with Crippen LogP contribution in [-0.4, -0.2) is 23.0 Å². The van der Waals surface area contributed by atoms with Gasteiger partial charge in [0.1, 0.15) is 5.75 Å². The van der Waals surface area contributed by atoms with Crippen molar-refractivity contribution in [1.82, 2.24) is 9.97 Å². The van der Waals surface area contributed by atoms with Crippen molar-refractivity contribution in [3.8, 4) is 5.75 Å². The number of ether oxygens (including phenoxy) is 1. The Morgan fingerprint density at radius 1 is 1.31 bits per heavy atom. The van der Waals surface area contributed by atoms with Crippen LogP contribution in [0, 0.1) is 12.8 Å². The highest BCUT2D eigenvalue weighted by molar-refractivity contribution is 7.15. The van der Waals surface area contributed by atoms with Crippen molar-refractivity contribution in [3.05, 3.63) is 46.1 Å². The second-order valence-corrected chi connectivity index (χ2v) is 7.95. The van der Waals surface area contributed by atoms with E-state index in [1.54, 1.807) is 18.4 Å². The van der Waals surface area contributed by atoms with Crippen LogP contribution in [0.15, 0.2) is 24.3 Å². The Balaban J connectivity index is 1.61. The summed E-state index contributed by atoms with van der Waals surface area (Å²) in [6.07, 6.45) is 3.23. The summed E-state index contributed by atoms with van der Waals surface area (Å²) in [6, 6.07) is 7.54. The predicted molar refractivity (Wildman–Crippen MR) is 104 cm³/mol. The number of nitrogens with one attached hydrogen (secondary N) is 1. The number of hydrogen-bond acceptors (Lipinski definition) is 5. The number of fused-ring (bicyclic) bond motifs is 2. The van der Waals surface area contributed by atoms with E-state index in [2.05, 4.69) is 22.2 Å². The van der Waals surface area contributed by atoms with E-state index in [-0.39, 0.29) is 5.91 Å². The second-order valence-electron chi connectivity index (χ2n) is 6.87. The van der Waals surface area contributed by atoms with Gasteiger partial charge in [0.05, 0.1) is 29.6 Å². The minimum atomic E-state index is -0.160. The van der Waals surface area contributed by atoms with Crippen LogP contribution in [0.1, 0.15) is 40.0 Å². The molecule has 2 heterocycles. The Hall–Kier alpha value is -2.47. The van der Waals surface area contributed by atoms with Crippen molar-refractivity contribution >= 4 is 33.3 Å². The fourth-order valence-corrected chi connectivity index (χ4v) is 4.52. The maximum absolute atomic E-state index is 12.8. The zero-order valence-electron chi connectivity index (χ0n) is 15.1. The van der Waals surface area contributed by atoms with E-state index < -0.39 is 0 Å². The quantitative estimate of drug-likeness (QED) is 0.746. The molecular formula is C20H21N3O2S. The van der Waals surface area contributed by atoms with Gasteiger partial charge in [-0.3, -0.25) is 15.1 Å². The van der Waals surface area contributed by atoms with E-state index in [0.29, 0.717) is 22.3 Å². The lowest BCUT2D eigenvalue weighted by atomic mass is 9.93. The monoisotopic (exact) mass is 367 g/mol. The molecule has 5 nitrogen and oxygen atoms in total. The minimum absolute atomic E-state index is 0.160. The van der Waals surface area contributed by atoms with Crippen molar-refractivity contribution in [2.24, 2.45) is 5.92 Å². The van der Waals surface area contributed by atoms with Gasteiger partial charge in [-0.1, -0.05) is 6.92 Å². The first-order valence-corrected chi connectivity index (χ1v) is 9.60. The maximum atomic E-state index is 12.8. The fourth-order valence-electron chi connectivity index (χ4n) is 3.36. The van der Waals surface area contributed by atoms with Crippen molar-refractivity contribution in [2.45, 2.75) is 33.1 Å². The molecule has 1 amide bonds. The first kappa shape index (κ1) is 17.0.